The van der Waals surface area contributed by atoms with Crippen molar-refractivity contribution >= 4 is 29.7 Å². The number of rotatable bonds is 2. The first kappa shape index (κ1) is 28.5. The molecule has 2 aromatic rings. The standard InChI is InChI=1S/2C11H13Si.C2H6N.ClH.Zr/c2*1-12(2)11-8-7-9-5-3-4-6-10(9)11;1-3-2;;/h2*3-8,11H,1-2H3;1-2H3;1H;/q;;-1;;+2/p-1. The average molecular weight is 517 g/mol. The zero-order valence-corrected chi connectivity index (χ0v) is 23.6. The zero-order valence-electron chi connectivity index (χ0n) is 18.4. The Morgan fingerprint density at radius 2 is 0.966 bits per heavy atom. The molecule has 0 aromatic heterocycles. The molecule has 2 atom stereocenters. The molecule has 1 nitrogen and oxygen atoms in total. The Hall–Kier alpha value is -0.513. The number of fused-ring (bicyclic) bond motifs is 2. The average Bonchev–Trinajstić information content (AvgIpc) is 3.27. The summed E-state index contributed by atoms with van der Waals surface area (Å²) in [6.45, 7) is 9.51. The topological polar surface area (TPSA) is 14.1 Å². The fourth-order valence-corrected chi connectivity index (χ4v) is 6.24. The second kappa shape index (κ2) is 14.5. The summed E-state index contributed by atoms with van der Waals surface area (Å²) < 4.78 is 0. The van der Waals surface area contributed by atoms with Crippen LogP contribution in [0.15, 0.2) is 60.7 Å². The molecule has 0 saturated heterocycles. The van der Waals surface area contributed by atoms with Crippen LogP contribution in [0.3, 0.4) is 0 Å². The number of benzene rings is 2. The summed E-state index contributed by atoms with van der Waals surface area (Å²) in [4.78, 5) is 0. The molecule has 2 aliphatic carbocycles. The van der Waals surface area contributed by atoms with E-state index in [1.807, 2.05) is 0 Å². The molecule has 152 valence electrons. The summed E-state index contributed by atoms with van der Waals surface area (Å²) in [7, 11) is 3.08. The summed E-state index contributed by atoms with van der Waals surface area (Å²) in [6, 6.07) is 17.4. The molecule has 0 fully saturated rings. The Kier molecular flexibility index (Phi) is 14.2. The maximum atomic E-state index is 3.50. The first-order valence-corrected chi connectivity index (χ1v) is 14.8. The summed E-state index contributed by atoms with van der Waals surface area (Å²) >= 11 is 0. The van der Waals surface area contributed by atoms with Crippen molar-refractivity contribution in [2.45, 2.75) is 37.3 Å². The van der Waals surface area contributed by atoms with E-state index in [1.54, 1.807) is 14.1 Å². The SMILES string of the molecule is C[N-]C.C[Si](C)C1C=Cc2ccccc21.C[Si](C)C1C=Cc2ccccc21.[Cl-].[Zr+2]. The number of halogens is 1. The van der Waals surface area contributed by atoms with E-state index in [2.05, 4.69) is 104 Å². The largest absolute Gasteiger partial charge is 2.00 e. The van der Waals surface area contributed by atoms with Gasteiger partial charge in [-0.05, 0) is 33.3 Å². The number of allylic oxidation sites excluding steroid dienone is 2. The van der Waals surface area contributed by atoms with Crippen LogP contribution in [-0.2, 0) is 26.2 Å². The van der Waals surface area contributed by atoms with Gasteiger partial charge < -0.3 is 17.7 Å². The molecule has 2 aliphatic rings. The Morgan fingerprint density at radius 1 is 0.655 bits per heavy atom. The van der Waals surface area contributed by atoms with Crippen LogP contribution in [0.1, 0.15) is 33.3 Å². The van der Waals surface area contributed by atoms with E-state index < -0.39 is 0 Å². The van der Waals surface area contributed by atoms with Crippen molar-refractivity contribution in [3.63, 3.8) is 0 Å². The van der Waals surface area contributed by atoms with Gasteiger partial charge in [0.25, 0.3) is 0 Å². The summed E-state index contributed by atoms with van der Waals surface area (Å²) in [6.07, 6.45) is 9.24. The molecule has 0 N–H and O–H groups in total. The predicted molar refractivity (Wildman–Crippen MR) is 127 cm³/mol. The fourth-order valence-electron chi connectivity index (χ4n) is 3.51. The van der Waals surface area contributed by atoms with Gasteiger partial charge in [0.05, 0.1) is 17.6 Å². The first-order valence-electron chi connectivity index (χ1n) is 9.61. The predicted octanol–water partition coefficient (Wildman–Crippen LogP) is 3.80. The van der Waals surface area contributed by atoms with Crippen LogP contribution in [0.4, 0.5) is 0 Å². The third-order valence-corrected chi connectivity index (χ3v) is 8.34. The number of hydrogen-bond acceptors (Lipinski definition) is 0. The van der Waals surface area contributed by atoms with Gasteiger partial charge in [0.2, 0.25) is 0 Å². The Balaban J connectivity index is 0.000000450. The van der Waals surface area contributed by atoms with Crippen LogP contribution in [0.25, 0.3) is 17.5 Å². The van der Waals surface area contributed by atoms with Gasteiger partial charge >= 0.3 is 26.2 Å². The maximum absolute atomic E-state index is 3.50. The minimum atomic E-state index is -0.211. The molecular formula is C24H32ClNSi2Zr. The molecule has 5 heteroatoms. The third-order valence-electron chi connectivity index (χ3n) is 4.84. The first-order chi connectivity index (χ1) is 13.0. The quantitative estimate of drug-likeness (QED) is 0.539. The minimum absolute atomic E-state index is 0. The van der Waals surface area contributed by atoms with Crippen LogP contribution in [-0.4, -0.2) is 31.7 Å². The van der Waals surface area contributed by atoms with Crippen molar-refractivity contribution in [3.05, 3.63) is 88.3 Å². The van der Waals surface area contributed by atoms with Crippen molar-refractivity contribution in [2.24, 2.45) is 0 Å². The van der Waals surface area contributed by atoms with E-state index in [4.69, 9.17) is 0 Å². The van der Waals surface area contributed by atoms with E-state index in [-0.39, 0.29) is 56.2 Å². The van der Waals surface area contributed by atoms with E-state index in [0.717, 1.165) is 11.1 Å². The molecule has 0 bridgehead atoms. The van der Waals surface area contributed by atoms with Gasteiger partial charge in [0.1, 0.15) is 0 Å². The van der Waals surface area contributed by atoms with Gasteiger partial charge in [0, 0.05) is 0 Å². The van der Waals surface area contributed by atoms with E-state index >= 15 is 0 Å². The van der Waals surface area contributed by atoms with Crippen molar-refractivity contribution in [1.29, 1.82) is 0 Å². The molecular weight excluding hydrogens is 485 g/mol. The summed E-state index contributed by atoms with van der Waals surface area (Å²) in [5.74, 6) is 0. The molecule has 2 unspecified atom stereocenters. The van der Waals surface area contributed by atoms with Crippen molar-refractivity contribution < 1.29 is 38.6 Å². The second-order valence-corrected chi connectivity index (χ2v) is 13.1. The molecule has 0 spiro atoms. The molecule has 0 saturated carbocycles. The number of hydrogen-bond donors (Lipinski definition) is 0. The van der Waals surface area contributed by atoms with Crippen LogP contribution in [0.2, 0.25) is 26.2 Å². The van der Waals surface area contributed by atoms with Crippen molar-refractivity contribution in [3.8, 4) is 0 Å². The number of nitrogens with zero attached hydrogens (tertiary/aromatic N) is 1. The van der Waals surface area contributed by atoms with Gasteiger partial charge in [-0.1, -0.05) is 99.0 Å². The van der Waals surface area contributed by atoms with E-state index in [9.17, 15) is 0 Å². The molecule has 0 heterocycles. The van der Waals surface area contributed by atoms with Crippen LogP contribution in [0, 0.1) is 0 Å². The third kappa shape index (κ3) is 7.92. The summed E-state index contributed by atoms with van der Waals surface area (Å²) in [5.41, 5.74) is 7.41. The Bertz CT molecular complexity index is 724. The van der Waals surface area contributed by atoms with Crippen LogP contribution in [0.5, 0.6) is 0 Å². The van der Waals surface area contributed by atoms with Gasteiger partial charge in [-0.3, -0.25) is 0 Å². The fraction of sp³-hybridized carbons (Fsp3) is 0.333. The minimum Gasteiger partial charge on any atom is -1.00 e. The molecule has 0 aliphatic heterocycles. The molecule has 29 heavy (non-hydrogen) atoms. The Morgan fingerprint density at radius 3 is 1.28 bits per heavy atom. The monoisotopic (exact) mass is 515 g/mol. The molecule has 0 amide bonds. The smallest absolute Gasteiger partial charge is 1.00 e. The van der Waals surface area contributed by atoms with E-state index in [1.165, 1.54) is 22.3 Å². The van der Waals surface area contributed by atoms with Crippen LogP contribution < -0.4 is 12.4 Å². The van der Waals surface area contributed by atoms with Gasteiger partial charge in [-0.25, -0.2) is 0 Å². The second-order valence-electron chi connectivity index (χ2n) is 7.53. The normalized spacial score (nSPS) is 17.2. The molecule has 2 radical (unpaired) electrons. The van der Waals surface area contributed by atoms with Crippen molar-refractivity contribution in [2.75, 3.05) is 14.1 Å². The van der Waals surface area contributed by atoms with Crippen LogP contribution >= 0.6 is 0 Å². The maximum Gasteiger partial charge on any atom is 2.00 e. The van der Waals surface area contributed by atoms with E-state index in [0.29, 0.717) is 0 Å². The van der Waals surface area contributed by atoms with Gasteiger partial charge in [0.15, 0.2) is 0 Å². The zero-order chi connectivity index (χ0) is 19.8. The molecule has 2 aromatic carbocycles. The van der Waals surface area contributed by atoms with Gasteiger partial charge in [-0.15, -0.1) is 0 Å². The summed E-state index contributed by atoms with van der Waals surface area (Å²) in [5, 5.41) is 3.50. The van der Waals surface area contributed by atoms with Crippen molar-refractivity contribution in [1.82, 2.24) is 0 Å². The van der Waals surface area contributed by atoms with Gasteiger partial charge in [-0.2, -0.15) is 14.1 Å². The Labute approximate surface area is 206 Å². The molecule has 4 rings (SSSR count).